The van der Waals surface area contributed by atoms with E-state index in [1.54, 1.807) is 22.6 Å². The fourth-order valence-electron chi connectivity index (χ4n) is 1.97. The van der Waals surface area contributed by atoms with Crippen molar-refractivity contribution in [1.82, 2.24) is 0 Å². The Balaban J connectivity index is 3.55. The van der Waals surface area contributed by atoms with Crippen molar-refractivity contribution in [3.05, 3.63) is 29.8 Å². The highest BCUT2D eigenvalue weighted by Crippen LogP contribution is 2.60. The lowest BCUT2D eigenvalue weighted by atomic mass is 9.78. The third-order valence-corrected chi connectivity index (χ3v) is 3.69. The first-order valence-electron chi connectivity index (χ1n) is 5.85. The molecule has 24 heavy (non-hydrogen) atoms. The largest absolute Gasteiger partial charge is 0.416 e. The second-order valence-electron chi connectivity index (χ2n) is 4.50. The molecule has 0 fully saturated rings. The maximum absolute atomic E-state index is 12.9. The van der Waals surface area contributed by atoms with Gasteiger partial charge in [0.2, 0.25) is 5.91 Å². The molecule has 1 amide bonds. The van der Waals surface area contributed by atoms with Crippen LogP contribution >= 0.6 is 22.6 Å². The lowest BCUT2D eigenvalue weighted by Crippen LogP contribution is -2.63. The van der Waals surface area contributed by atoms with E-state index in [9.17, 15) is 44.3 Å². The molecule has 0 radical (unpaired) electrons. The van der Waals surface area contributed by atoms with Crippen LogP contribution in [0.2, 0.25) is 0 Å². The minimum Gasteiger partial charge on any atom is -0.325 e. The van der Waals surface area contributed by atoms with Crippen molar-refractivity contribution in [3.63, 3.8) is 0 Å². The Labute approximate surface area is 142 Å². The summed E-state index contributed by atoms with van der Waals surface area (Å²) in [5.74, 6) is -0.628. The maximum atomic E-state index is 12.9. The van der Waals surface area contributed by atoms with E-state index in [0.29, 0.717) is 12.1 Å². The van der Waals surface area contributed by atoms with Crippen molar-refractivity contribution in [1.29, 1.82) is 0 Å². The third-order valence-electron chi connectivity index (χ3n) is 3.00. The first-order valence-corrected chi connectivity index (χ1v) is 7.37. The Hall–Kier alpha value is -1.21. The summed E-state index contributed by atoms with van der Waals surface area (Å²) in [4.78, 5) is 11.1. The van der Waals surface area contributed by atoms with Crippen LogP contribution in [0.3, 0.4) is 0 Å². The Morgan fingerprint density at radius 2 is 1.21 bits per heavy atom. The van der Waals surface area contributed by atoms with Crippen LogP contribution in [-0.2, 0) is 10.2 Å². The summed E-state index contributed by atoms with van der Waals surface area (Å²) in [7, 11) is 0. The molecule has 0 aromatic heterocycles. The highest BCUT2D eigenvalue weighted by molar-refractivity contribution is 14.1. The SMILES string of the molecule is O=C(CI)Nc1ccc(C(C(F)(F)F)(C(F)(F)F)C(F)(F)F)cc1. The van der Waals surface area contributed by atoms with Gasteiger partial charge in [-0.15, -0.1) is 0 Å². The highest BCUT2D eigenvalue weighted by Gasteiger charge is 2.84. The molecule has 12 heteroatoms. The van der Waals surface area contributed by atoms with E-state index in [1.165, 1.54) is 0 Å². The van der Waals surface area contributed by atoms with E-state index in [0.717, 1.165) is 0 Å². The molecule has 0 saturated heterocycles. The van der Waals surface area contributed by atoms with Crippen molar-refractivity contribution in [2.45, 2.75) is 23.9 Å². The summed E-state index contributed by atoms with van der Waals surface area (Å²) in [5.41, 5.74) is -8.30. The molecule has 1 rings (SSSR count). The van der Waals surface area contributed by atoms with Crippen LogP contribution in [0.4, 0.5) is 45.2 Å². The maximum Gasteiger partial charge on any atom is 0.416 e. The number of carbonyl (C=O) groups is 1. The highest BCUT2D eigenvalue weighted by atomic mass is 127. The molecule has 0 unspecified atom stereocenters. The van der Waals surface area contributed by atoms with Gasteiger partial charge in [-0.1, -0.05) is 34.7 Å². The molecule has 2 nitrogen and oxygen atoms in total. The smallest absolute Gasteiger partial charge is 0.325 e. The molecular formula is C12H7F9INO. The van der Waals surface area contributed by atoms with Crippen LogP contribution in [0.15, 0.2) is 24.3 Å². The minimum absolute atomic E-state index is 0.0390. The predicted octanol–water partition coefficient (Wildman–Crippen LogP) is 4.98. The summed E-state index contributed by atoms with van der Waals surface area (Å²) in [5, 5.41) is 2.10. The number of carbonyl (C=O) groups excluding carboxylic acids is 1. The molecule has 0 spiro atoms. The summed E-state index contributed by atoms with van der Waals surface area (Å²) in [6, 6.07) is 1.16. The number of alkyl halides is 10. The summed E-state index contributed by atoms with van der Waals surface area (Å²) < 4.78 is 116. The number of halogens is 10. The van der Waals surface area contributed by atoms with Gasteiger partial charge in [-0.25, -0.2) is 0 Å². The fraction of sp³-hybridized carbons (Fsp3) is 0.417. The molecule has 0 aliphatic heterocycles. The Bertz CT molecular complexity index is 552. The topological polar surface area (TPSA) is 29.1 Å². The molecule has 0 atom stereocenters. The molecule has 0 aliphatic carbocycles. The number of hydrogen-bond donors (Lipinski definition) is 1. The van der Waals surface area contributed by atoms with E-state index in [-0.39, 0.29) is 22.2 Å². The Morgan fingerprint density at radius 1 is 0.833 bits per heavy atom. The lowest BCUT2D eigenvalue weighted by molar-refractivity contribution is -0.387. The quantitative estimate of drug-likeness (QED) is 0.370. The first kappa shape index (κ1) is 20.8. The van der Waals surface area contributed by atoms with E-state index < -0.39 is 35.4 Å². The zero-order valence-corrected chi connectivity index (χ0v) is 13.4. The molecule has 1 aromatic carbocycles. The second-order valence-corrected chi connectivity index (χ2v) is 5.27. The average Bonchev–Trinajstić information content (AvgIpc) is 2.36. The molecule has 0 heterocycles. The van der Waals surface area contributed by atoms with Crippen LogP contribution in [0.1, 0.15) is 5.56 Å². The molecule has 0 saturated carbocycles. The van der Waals surface area contributed by atoms with Gasteiger partial charge in [0.25, 0.3) is 5.41 Å². The van der Waals surface area contributed by atoms with E-state index in [2.05, 4.69) is 5.32 Å². The lowest BCUT2D eigenvalue weighted by Gasteiger charge is -2.38. The Morgan fingerprint density at radius 3 is 1.50 bits per heavy atom. The fourth-order valence-corrected chi connectivity index (χ4v) is 2.16. The average molecular weight is 479 g/mol. The van der Waals surface area contributed by atoms with Crippen molar-refractivity contribution in [3.8, 4) is 0 Å². The van der Waals surface area contributed by atoms with Gasteiger partial charge in [0.15, 0.2) is 0 Å². The van der Waals surface area contributed by atoms with Gasteiger partial charge in [-0.05, 0) is 17.7 Å². The van der Waals surface area contributed by atoms with Gasteiger partial charge >= 0.3 is 18.5 Å². The van der Waals surface area contributed by atoms with Gasteiger partial charge in [-0.3, -0.25) is 4.79 Å². The number of anilines is 1. The zero-order chi connectivity index (χ0) is 19.0. The van der Waals surface area contributed by atoms with Crippen LogP contribution in [0.25, 0.3) is 0 Å². The van der Waals surface area contributed by atoms with Crippen LogP contribution in [0.5, 0.6) is 0 Å². The van der Waals surface area contributed by atoms with Crippen LogP contribution in [0, 0.1) is 0 Å². The van der Waals surface area contributed by atoms with Gasteiger partial charge in [0.1, 0.15) is 0 Å². The third kappa shape index (κ3) is 3.57. The number of hydrogen-bond acceptors (Lipinski definition) is 1. The van der Waals surface area contributed by atoms with Crippen molar-refractivity contribution in [2.24, 2.45) is 0 Å². The molecule has 1 aromatic rings. The summed E-state index contributed by atoms with van der Waals surface area (Å²) >= 11 is 1.63. The van der Waals surface area contributed by atoms with Crippen LogP contribution < -0.4 is 5.32 Å². The van der Waals surface area contributed by atoms with Gasteiger partial charge in [-0.2, -0.15) is 39.5 Å². The molecule has 0 aliphatic rings. The van der Waals surface area contributed by atoms with Gasteiger partial charge in [0, 0.05) is 5.69 Å². The molecular weight excluding hydrogens is 472 g/mol. The van der Waals surface area contributed by atoms with E-state index in [1.807, 2.05) is 0 Å². The second kappa shape index (κ2) is 6.59. The molecule has 0 bridgehead atoms. The van der Waals surface area contributed by atoms with E-state index >= 15 is 0 Å². The first-order chi connectivity index (χ1) is 10.7. The van der Waals surface area contributed by atoms with Crippen molar-refractivity contribution in [2.75, 3.05) is 9.74 Å². The normalized spacial score (nSPS) is 13.8. The standard InChI is InChI=1S/C12H7F9INO/c13-10(14,15)9(11(16,17)18,12(19,20)21)6-1-3-7(4-2-6)23-8(24)5-22/h1-4H,5H2,(H,23,24). The van der Waals surface area contributed by atoms with E-state index in [4.69, 9.17) is 0 Å². The number of nitrogens with one attached hydrogen (secondary N) is 1. The minimum atomic E-state index is -6.67. The summed E-state index contributed by atoms with van der Waals surface area (Å²) in [6.45, 7) is 0. The Kier molecular flexibility index (Phi) is 5.72. The monoisotopic (exact) mass is 479 g/mol. The molecule has 136 valence electrons. The predicted molar refractivity (Wildman–Crippen MR) is 73.8 cm³/mol. The number of benzene rings is 1. The summed E-state index contributed by atoms with van der Waals surface area (Å²) in [6.07, 6.45) is -20.0. The number of amides is 1. The number of rotatable bonds is 3. The molecule has 1 N–H and O–H groups in total. The van der Waals surface area contributed by atoms with Gasteiger partial charge < -0.3 is 5.32 Å². The zero-order valence-electron chi connectivity index (χ0n) is 11.2. The van der Waals surface area contributed by atoms with Gasteiger partial charge in [0.05, 0.1) is 4.43 Å². The van der Waals surface area contributed by atoms with Crippen molar-refractivity contribution >= 4 is 34.2 Å². The van der Waals surface area contributed by atoms with Crippen LogP contribution in [-0.4, -0.2) is 28.9 Å². The van der Waals surface area contributed by atoms with Crippen molar-refractivity contribution < 1.29 is 44.3 Å².